The molecule has 0 amide bonds. The molecule has 0 saturated carbocycles. The second-order valence-electron chi connectivity index (χ2n) is 1.67. The number of hydrogen-bond donors (Lipinski definition) is 0. The second-order valence-corrected chi connectivity index (χ2v) is 2.57. The Kier molecular flexibility index (Phi) is 2.32. The van der Waals surface area contributed by atoms with Crippen LogP contribution in [0.15, 0.2) is 11.6 Å². The van der Waals surface area contributed by atoms with Crippen LogP contribution in [-0.2, 0) is 4.74 Å². The Hall–Kier alpha value is -1.11. The van der Waals surface area contributed by atoms with Crippen molar-refractivity contribution in [3.8, 4) is 0 Å². The summed E-state index contributed by atoms with van der Waals surface area (Å²) in [6.45, 7) is 0. The third kappa shape index (κ3) is 2.50. The van der Waals surface area contributed by atoms with Crippen molar-refractivity contribution >= 4 is 17.3 Å². The maximum Gasteiger partial charge on any atom is 0.575 e. The number of halogens is 3. The summed E-state index contributed by atoms with van der Waals surface area (Å²) in [4.78, 5) is 13.9. The van der Waals surface area contributed by atoms with Crippen LogP contribution in [0.3, 0.4) is 0 Å². The number of nitrogens with zero attached hydrogens (tertiary/aromatic N) is 1. The lowest BCUT2D eigenvalue weighted by molar-refractivity contribution is -0.291. The fourth-order valence-electron chi connectivity index (χ4n) is 0.473. The van der Waals surface area contributed by atoms with Gasteiger partial charge < -0.3 is 4.74 Å². The molecule has 3 nitrogen and oxygen atoms in total. The minimum absolute atomic E-state index is 0.313. The smallest absolute Gasteiger partial charge is 0.367 e. The molecule has 0 spiro atoms. The highest BCUT2D eigenvalue weighted by atomic mass is 32.1. The molecule has 0 N–H and O–H groups in total. The van der Waals surface area contributed by atoms with E-state index < -0.39 is 12.3 Å². The lowest BCUT2D eigenvalue weighted by Crippen LogP contribution is -2.19. The molecule has 0 saturated heterocycles. The minimum Gasteiger partial charge on any atom is -0.367 e. The molecule has 1 aromatic heterocycles. The van der Waals surface area contributed by atoms with Gasteiger partial charge in [-0.05, 0) is 0 Å². The molecular weight excluding hydrogens is 195 g/mol. The molecule has 66 valence electrons. The summed E-state index contributed by atoms with van der Waals surface area (Å²) in [5.41, 5.74) is 0. The van der Waals surface area contributed by atoms with E-state index in [1.807, 2.05) is 0 Å². The maximum atomic E-state index is 11.4. The Morgan fingerprint density at radius 2 is 2.25 bits per heavy atom. The van der Waals surface area contributed by atoms with E-state index in [2.05, 4.69) is 9.72 Å². The standard InChI is InChI=1S/C5H2F3NO2S/c6-5(7,8)11-4(10)3-9-1-2-12-3/h1-2H. The van der Waals surface area contributed by atoms with Crippen molar-refractivity contribution in [3.63, 3.8) is 0 Å². The first kappa shape index (κ1) is 8.98. The first-order chi connectivity index (χ1) is 5.49. The molecule has 0 fully saturated rings. The summed E-state index contributed by atoms with van der Waals surface area (Å²) in [7, 11) is 0. The van der Waals surface area contributed by atoms with Gasteiger partial charge in [0.15, 0.2) is 0 Å². The summed E-state index contributed by atoms with van der Waals surface area (Å²) in [6.07, 6.45) is -3.72. The summed E-state index contributed by atoms with van der Waals surface area (Å²) < 4.78 is 37.4. The molecule has 0 unspecified atom stereocenters. The molecule has 12 heavy (non-hydrogen) atoms. The molecule has 0 radical (unpaired) electrons. The molecule has 1 rings (SSSR count). The number of esters is 1. The number of ether oxygens (including phenoxy) is 1. The van der Waals surface area contributed by atoms with Crippen LogP contribution >= 0.6 is 11.3 Å². The number of hydrogen-bond acceptors (Lipinski definition) is 4. The Morgan fingerprint density at radius 1 is 1.58 bits per heavy atom. The largest absolute Gasteiger partial charge is 0.575 e. The highest BCUT2D eigenvalue weighted by molar-refractivity contribution is 7.11. The molecule has 0 bridgehead atoms. The van der Waals surface area contributed by atoms with Gasteiger partial charge in [0, 0.05) is 11.6 Å². The third-order valence-corrected chi connectivity index (χ3v) is 1.57. The molecule has 0 aliphatic carbocycles. The van der Waals surface area contributed by atoms with Crippen molar-refractivity contribution in [2.45, 2.75) is 6.36 Å². The zero-order chi connectivity index (χ0) is 9.19. The quantitative estimate of drug-likeness (QED) is 0.644. The van der Waals surface area contributed by atoms with Crippen molar-refractivity contribution in [3.05, 3.63) is 16.6 Å². The normalized spacial score (nSPS) is 11.2. The number of carbonyl (C=O) groups excluding carboxylic acids is 1. The Morgan fingerprint density at radius 3 is 2.67 bits per heavy atom. The fourth-order valence-corrected chi connectivity index (χ4v) is 0.983. The second kappa shape index (κ2) is 3.10. The van der Waals surface area contributed by atoms with E-state index in [0.29, 0.717) is 0 Å². The Bertz CT molecular complexity index is 269. The average molecular weight is 197 g/mol. The summed E-state index contributed by atoms with van der Waals surface area (Å²) >= 11 is 0.786. The van der Waals surface area contributed by atoms with Crippen LogP contribution in [0.5, 0.6) is 0 Å². The van der Waals surface area contributed by atoms with Gasteiger partial charge in [-0.3, -0.25) is 0 Å². The van der Waals surface area contributed by atoms with Gasteiger partial charge in [0.25, 0.3) is 0 Å². The van der Waals surface area contributed by atoms with E-state index >= 15 is 0 Å². The van der Waals surface area contributed by atoms with E-state index in [9.17, 15) is 18.0 Å². The van der Waals surface area contributed by atoms with E-state index in [0.717, 1.165) is 11.3 Å². The van der Waals surface area contributed by atoms with Crippen molar-refractivity contribution < 1.29 is 22.7 Å². The van der Waals surface area contributed by atoms with Crippen molar-refractivity contribution in [1.29, 1.82) is 0 Å². The average Bonchev–Trinajstić information content (AvgIpc) is 2.32. The molecule has 0 atom stereocenters. The Labute approximate surface area is 68.8 Å². The SMILES string of the molecule is O=C(OC(F)(F)F)c1nccs1. The monoisotopic (exact) mass is 197 g/mol. The molecule has 0 aliphatic rings. The van der Waals surface area contributed by atoms with Crippen molar-refractivity contribution in [1.82, 2.24) is 4.98 Å². The topological polar surface area (TPSA) is 39.2 Å². The van der Waals surface area contributed by atoms with Crippen molar-refractivity contribution in [2.24, 2.45) is 0 Å². The highest BCUT2D eigenvalue weighted by Crippen LogP contribution is 2.19. The summed E-state index contributed by atoms with van der Waals surface area (Å²) in [5, 5.41) is 1.07. The molecule has 1 aromatic rings. The summed E-state index contributed by atoms with van der Waals surface area (Å²) in [5.74, 6) is -1.47. The van der Waals surface area contributed by atoms with E-state index in [4.69, 9.17) is 0 Å². The summed E-state index contributed by atoms with van der Waals surface area (Å²) in [6, 6.07) is 0. The van der Waals surface area contributed by atoms with Crippen LogP contribution in [0.2, 0.25) is 0 Å². The van der Waals surface area contributed by atoms with E-state index in [1.165, 1.54) is 11.6 Å². The van der Waals surface area contributed by atoms with Gasteiger partial charge in [-0.1, -0.05) is 0 Å². The number of thiazole rings is 1. The van der Waals surface area contributed by atoms with Gasteiger partial charge in [-0.2, -0.15) is 0 Å². The number of aromatic nitrogens is 1. The van der Waals surface area contributed by atoms with Crippen LogP contribution in [0.1, 0.15) is 9.80 Å². The van der Waals surface area contributed by atoms with Gasteiger partial charge in [-0.15, -0.1) is 24.5 Å². The molecule has 0 aromatic carbocycles. The maximum absolute atomic E-state index is 11.4. The predicted molar refractivity (Wildman–Crippen MR) is 33.6 cm³/mol. The van der Waals surface area contributed by atoms with Crippen LogP contribution in [-0.4, -0.2) is 17.3 Å². The molecule has 1 heterocycles. The molecule has 0 aliphatic heterocycles. The van der Waals surface area contributed by atoms with Crippen LogP contribution in [0.4, 0.5) is 13.2 Å². The van der Waals surface area contributed by atoms with Gasteiger partial charge in [0.2, 0.25) is 5.01 Å². The zero-order valence-electron chi connectivity index (χ0n) is 5.46. The van der Waals surface area contributed by atoms with E-state index in [-0.39, 0.29) is 5.01 Å². The number of carbonyl (C=O) groups is 1. The highest BCUT2D eigenvalue weighted by Gasteiger charge is 2.35. The predicted octanol–water partition coefficient (Wildman–Crippen LogP) is 1.82. The van der Waals surface area contributed by atoms with Gasteiger partial charge in [0.1, 0.15) is 0 Å². The van der Waals surface area contributed by atoms with E-state index in [1.54, 1.807) is 0 Å². The first-order valence-corrected chi connectivity index (χ1v) is 3.56. The van der Waals surface area contributed by atoms with Crippen LogP contribution in [0, 0.1) is 0 Å². The van der Waals surface area contributed by atoms with Crippen LogP contribution in [0.25, 0.3) is 0 Å². The minimum atomic E-state index is -4.94. The zero-order valence-corrected chi connectivity index (χ0v) is 6.28. The lowest BCUT2D eigenvalue weighted by atomic mass is 10.7. The third-order valence-electron chi connectivity index (χ3n) is 0.815. The van der Waals surface area contributed by atoms with Gasteiger partial charge in [0.05, 0.1) is 0 Å². The molecular formula is C5H2F3NO2S. The van der Waals surface area contributed by atoms with Crippen molar-refractivity contribution in [2.75, 3.05) is 0 Å². The van der Waals surface area contributed by atoms with Gasteiger partial charge >= 0.3 is 12.3 Å². The fraction of sp³-hybridized carbons (Fsp3) is 0.200. The molecule has 7 heteroatoms. The number of alkyl halides is 3. The Balaban J connectivity index is 2.63. The lowest BCUT2D eigenvalue weighted by Gasteiger charge is -2.03. The first-order valence-electron chi connectivity index (χ1n) is 2.68. The number of rotatable bonds is 1. The van der Waals surface area contributed by atoms with Gasteiger partial charge in [-0.25, -0.2) is 9.78 Å². The van der Waals surface area contributed by atoms with Crippen LogP contribution < -0.4 is 0 Å².